The van der Waals surface area contributed by atoms with Gasteiger partial charge in [-0.3, -0.25) is 14.9 Å². The molecule has 1 heterocycles. The number of carbonyl (C=O) groups excluding carboxylic acids is 1. The van der Waals surface area contributed by atoms with Crippen molar-refractivity contribution in [3.05, 3.63) is 34.1 Å². The van der Waals surface area contributed by atoms with Crippen molar-refractivity contribution < 1.29 is 14.5 Å². The fourth-order valence-corrected chi connectivity index (χ4v) is 0.847. The standard InChI is InChI=1S/C10H8N2O4/c1-16-10(13)4-2-3-8-5-6-9(7-11-8)12(14)15/h5-7H,4H2,1H3. The molecule has 1 aromatic rings. The smallest absolute Gasteiger partial charge is 0.317 e. The lowest BCUT2D eigenvalue weighted by Gasteiger charge is -1.91. The highest BCUT2D eigenvalue weighted by atomic mass is 16.6. The second-order valence-electron chi connectivity index (χ2n) is 2.71. The van der Waals surface area contributed by atoms with Crippen LogP contribution in [0.15, 0.2) is 18.3 Å². The van der Waals surface area contributed by atoms with Crippen LogP contribution in [0.25, 0.3) is 0 Å². The molecule has 0 aliphatic carbocycles. The summed E-state index contributed by atoms with van der Waals surface area (Å²) in [5.74, 6) is 4.70. The van der Waals surface area contributed by atoms with Gasteiger partial charge in [-0.2, -0.15) is 0 Å². The molecule has 0 saturated carbocycles. The van der Waals surface area contributed by atoms with Gasteiger partial charge in [0.1, 0.15) is 18.3 Å². The first-order valence-electron chi connectivity index (χ1n) is 4.29. The molecule has 6 heteroatoms. The molecule has 0 fully saturated rings. The fraction of sp³-hybridized carbons (Fsp3) is 0.200. The lowest BCUT2D eigenvalue weighted by atomic mass is 10.3. The minimum Gasteiger partial charge on any atom is -0.468 e. The number of carbonyl (C=O) groups is 1. The van der Waals surface area contributed by atoms with Gasteiger partial charge in [0.15, 0.2) is 0 Å². The summed E-state index contributed by atoms with van der Waals surface area (Å²) in [7, 11) is 1.27. The Kier molecular flexibility index (Phi) is 3.98. The predicted molar refractivity (Wildman–Crippen MR) is 54.4 cm³/mol. The maximum absolute atomic E-state index is 10.7. The number of ether oxygens (including phenoxy) is 1. The van der Waals surface area contributed by atoms with E-state index in [1.54, 1.807) is 0 Å². The molecule has 0 spiro atoms. The summed E-state index contributed by atoms with van der Waals surface area (Å²) in [6.45, 7) is 0. The lowest BCUT2D eigenvalue weighted by molar-refractivity contribution is -0.385. The summed E-state index contributed by atoms with van der Waals surface area (Å²) in [5, 5.41) is 10.3. The third kappa shape index (κ3) is 3.38. The van der Waals surface area contributed by atoms with Gasteiger partial charge in [0.2, 0.25) is 0 Å². The number of nitro groups is 1. The molecule has 0 amide bonds. The SMILES string of the molecule is COC(=O)CC#Cc1ccc([N+](=O)[O-])cn1. The van der Waals surface area contributed by atoms with Gasteiger partial charge in [0.25, 0.3) is 5.69 Å². The molecule has 0 saturated heterocycles. The molecule has 0 aliphatic rings. The fourth-order valence-electron chi connectivity index (χ4n) is 0.847. The number of rotatable bonds is 2. The van der Waals surface area contributed by atoms with Gasteiger partial charge in [0, 0.05) is 6.07 Å². The highest BCUT2D eigenvalue weighted by Crippen LogP contribution is 2.07. The van der Waals surface area contributed by atoms with E-state index in [-0.39, 0.29) is 12.1 Å². The second kappa shape index (κ2) is 5.46. The zero-order valence-electron chi connectivity index (χ0n) is 8.47. The van der Waals surface area contributed by atoms with Gasteiger partial charge in [0.05, 0.1) is 12.0 Å². The molecule has 82 valence electrons. The van der Waals surface area contributed by atoms with Crippen molar-refractivity contribution >= 4 is 11.7 Å². The Balaban J connectivity index is 2.68. The molecule has 0 N–H and O–H groups in total. The van der Waals surface area contributed by atoms with Crippen molar-refractivity contribution in [3.63, 3.8) is 0 Å². The van der Waals surface area contributed by atoms with E-state index in [0.717, 1.165) is 6.20 Å². The number of pyridine rings is 1. The van der Waals surface area contributed by atoms with Crippen molar-refractivity contribution in [1.29, 1.82) is 0 Å². The van der Waals surface area contributed by atoms with Gasteiger partial charge in [-0.25, -0.2) is 4.98 Å². The highest BCUT2D eigenvalue weighted by Gasteiger charge is 2.03. The average molecular weight is 220 g/mol. The van der Waals surface area contributed by atoms with Crippen LogP contribution < -0.4 is 0 Å². The van der Waals surface area contributed by atoms with Gasteiger partial charge in [-0.15, -0.1) is 0 Å². The molecule has 0 radical (unpaired) electrons. The highest BCUT2D eigenvalue weighted by molar-refractivity contribution is 5.72. The van der Waals surface area contributed by atoms with Gasteiger partial charge in [-0.05, 0) is 12.0 Å². The van der Waals surface area contributed by atoms with Crippen molar-refractivity contribution in [2.45, 2.75) is 6.42 Å². The maximum atomic E-state index is 10.7. The number of nitrogens with zero attached hydrogens (tertiary/aromatic N) is 2. The van der Waals surface area contributed by atoms with Gasteiger partial charge >= 0.3 is 5.97 Å². The van der Waals surface area contributed by atoms with Crippen LogP contribution in [0, 0.1) is 22.0 Å². The maximum Gasteiger partial charge on any atom is 0.317 e. The monoisotopic (exact) mass is 220 g/mol. The van der Waals surface area contributed by atoms with Crippen LogP contribution in [0.4, 0.5) is 5.69 Å². The van der Waals surface area contributed by atoms with E-state index in [1.807, 2.05) is 0 Å². The van der Waals surface area contributed by atoms with E-state index in [9.17, 15) is 14.9 Å². The second-order valence-corrected chi connectivity index (χ2v) is 2.71. The first kappa shape index (κ1) is 11.7. The molecule has 0 atom stereocenters. The summed E-state index contributed by atoms with van der Waals surface area (Å²) in [6.07, 6.45) is 1.08. The predicted octanol–water partition coefficient (Wildman–Crippen LogP) is 0.904. The zero-order chi connectivity index (χ0) is 12.0. The quantitative estimate of drug-likeness (QED) is 0.320. The molecule has 0 aromatic carbocycles. The Bertz CT molecular complexity index is 456. The number of hydrogen-bond acceptors (Lipinski definition) is 5. The lowest BCUT2D eigenvalue weighted by Crippen LogP contribution is -1.97. The Morgan fingerprint density at radius 1 is 1.62 bits per heavy atom. The van der Waals surface area contributed by atoms with E-state index < -0.39 is 10.9 Å². The molecule has 1 aromatic heterocycles. The molecule has 0 aliphatic heterocycles. The molecule has 1 rings (SSSR count). The number of hydrogen-bond donors (Lipinski definition) is 0. The summed E-state index contributed by atoms with van der Waals surface area (Å²) in [5.41, 5.74) is 0.271. The Hall–Kier alpha value is -2.42. The van der Waals surface area contributed by atoms with Crippen molar-refractivity contribution in [3.8, 4) is 11.8 Å². The van der Waals surface area contributed by atoms with Crippen LogP contribution in [-0.4, -0.2) is 23.0 Å². The molecule has 0 bridgehead atoms. The Morgan fingerprint density at radius 3 is 2.88 bits per heavy atom. The van der Waals surface area contributed by atoms with Gasteiger partial charge in [-0.1, -0.05) is 5.92 Å². The third-order valence-electron chi connectivity index (χ3n) is 1.64. The topological polar surface area (TPSA) is 82.3 Å². The minimum absolute atomic E-state index is 0.0326. The van der Waals surface area contributed by atoms with Crippen LogP contribution in [-0.2, 0) is 9.53 Å². The molecular formula is C10H8N2O4. The Labute approximate surface area is 91.4 Å². The summed E-state index contributed by atoms with van der Waals surface area (Å²) < 4.78 is 4.39. The molecule has 6 nitrogen and oxygen atoms in total. The van der Waals surface area contributed by atoms with Crippen LogP contribution in [0.3, 0.4) is 0 Å². The molecule has 0 unspecified atom stereocenters. The van der Waals surface area contributed by atoms with Crippen LogP contribution in [0.1, 0.15) is 12.1 Å². The summed E-state index contributed by atoms with van der Waals surface area (Å²) in [6, 6.07) is 2.72. The largest absolute Gasteiger partial charge is 0.468 e. The van der Waals surface area contributed by atoms with E-state index >= 15 is 0 Å². The van der Waals surface area contributed by atoms with E-state index in [1.165, 1.54) is 19.2 Å². The number of aromatic nitrogens is 1. The van der Waals surface area contributed by atoms with Crippen LogP contribution >= 0.6 is 0 Å². The first-order chi connectivity index (χ1) is 7.63. The minimum atomic E-state index is -0.543. The van der Waals surface area contributed by atoms with E-state index in [0.29, 0.717) is 5.69 Å². The van der Waals surface area contributed by atoms with Gasteiger partial charge < -0.3 is 4.74 Å². The number of methoxy groups -OCH3 is 1. The van der Waals surface area contributed by atoms with E-state index in [2.05, 4.69) is 21.6 Å². The van der Waals surface area contributed by atoms with E-state index in [4.69, 9.17) is 0 Å². The normalized spacial score (nSPS) is 8.81. The summed E-state index contributed by atoms with van der Waals surface area (Å²) in [4.78, 5) is 24.2. The zero-order valence-corrected chi connectivity index (χ0v) is 8.47. The molecule has 16 heavy (non-hydrogen) atoms. The van der Waals surface area contributed by atoms with Crippen LogP contribution in [0.5, 0.6) is 0 Å². The van der Waals surface area contributed by atoms with Crippen LogP contribution in [0.2, 0.25) is 0 Å². The van der Waals surface area contributed by atoms with Crippen molar-refractivity contribution in [1.82, 2.24) is 4.98 Å². The molecular weight excluding hydrogens is 212 g/mol. The average Bonchev–Trinajstić information content (AvgIpc) is 2.29. The number of esters is 1. The first-order valence-corrected chi connectivity index (χ1v) is 4.29. The Morgan fingerprint density at radius 2 is 2.38 bits per heavy atom. The third-order valence-corrected chi connectivity index (χ3v) is 1.64. The van der Waals surface area contributed by atoms with Crippen molar-refractivity contribution in [2.24, 2.45) is 0 Å². The van der Waals surface area contributed by atoms with Crippen molar-refractivity contribution in [2.75, 3.05) is 7.11 Å². The summed E-state index contributed by atoms with van der Waals surface area (Å²) >= 11 is 0.